The molecule has 0 unspecified atom stereocenters. The Balaban J connectivity index is 3.25. The molecule has 0 radical (unpaired) electrons. The molecule has 5 heteroatoms. The number of nitriles is 1. The van der Waals surface area contributed by atoms with Gasteiger partial charge in [-0.2, -0.15) is 5.26 Å². The fourth-order valence-electron chi connectivity index (χ4n) is 0.634. The van der Waals surface area contributed by atoms with E-state index in [9.17, 15) is 4.79 Å². The van der Waals surface area contributed by atoms with Gasteiger partial charge in [-0.05, 0) is 33.6 Å². The second-order valence-electron chi connectivity index (χ2n) is 1.95. The molecule has 0 aliphatic rings. The second-order valence-corrected chi connectivity index (χ2v) is 3.04. The van der Waals surface area contributed by atoms with Crippen LogP contribution in [0.1, 0.15) is 15.9 Å². The summed E-state index contributed by atoms with van der Waals surface area (Å²) < 4.78 is 0.409. The Morgan fingerprint density at radius 3 is 2.92 bits per heavy atom. The van der Waals surface area contributed by atoms with Crippen LogP contribution in [-0.4, -0.2) is 10.2 Å². The van der Waals surface area contributed by atoms with Gasteiger partial charge in [0, 0.05) is 6.20 Å². The standard InChI is InChI=1S/C7H2BrClN2O/c8-6-4(2-10)1-5(3-11-6)7(9)12/h1,3H. The molecular formula is C7H2BrClN2O. The lowest BCUT2D eigenvalue weighted by Crippen LogP contribution is -1.92. The van der Waals surface area contributed by atoms with E-state index in [1.165, 1.54) is 12.3 Å². The second kappa shape index (κ2) is 3.65. The van der Waals surface area contributed by atoms with Gasteiger partial charge in [0.15, 0.2) is 0 Å². The van der Waals surface area contributed by atoms with Crippen molar-refractivity contribution in [1.29, 1.82) is 5.26 Å². The van der Waals surface area contributed by atoms with Gasteiger partial charge in [-0.25, -0.2) is 4.98 Å². The monoisotopic (exact) mass is 244 g/mol. The van der Waals surface area contributed by atoms with Crippen LogP contribution in [-0.2, 0) is 0 Å². The van der Waals surface area contributed by atoms with Crippen molar-refractivity contribution >= 4 is 32.8 Å². The summed E-state index contributed by atoms with van der Waals surface area (Å²) >= 11 is 8.23. The predicted molar refractivity (Wildman–Crippen MR) is 46.8 cm³/mol. The van der Waals surface area contributed by atoms with E-state index in [1.54, 1.807) is 0 Å². The van der Waals surface area contributed by atoms with E-state index in [1.807, 2.05) is 6.07 Å². The number of pyridine rings is 1. The SMILES string of the molecule is N#Cc1cc(C(=O)Cl)cnc1Br. The zero-order chi connectivity index (χ0) is 9.14. The average Bonchev–Trinajstić information content (AvgIpc) is 2.05. The van der Waals surface area contributed by atoms with Gasteiger partial charge in [-0.15, -0.1) is 0 Å². The number of carbonyl (C=O) groups is 1. The van der Waals surface area contributed by atoms with Gasteiger partial charge in [0.1, 0.15) is 10.7 Å². The topological polar surface area (TPSA) is 53.8 Å². The minimum absolute atomic E-state index is 0.219. The third kappa shape index (κ3) is 1.81. The molecular weight excluding hydrogens is 243 g/mol. The Bertz CT molecular complexity index is 372. The summed E-state index contributed by atoms with van der Waals surface area (Å²) in [5.74, 6) is 0. The van der Waals surface area contributed by atoms with E-state index in [0.717, 1.165) is 0 Å². The molecule has 1 heterocycles. The first kappa shape index (κ1) is 9.17. The number of nitrogens with zero attached hydrogens (tertiary/aromatic N) is 2. The summed E-state index contributed by atoms with van der Waals surface area (Å²) in [6, 6.07) is 3.25. The number of halogens is 2. The summed E-state index contributed by atoms with van der Waals surface area (Å²) in [6.07, 6.45) is 1.31. The van der Waals surface area contributed by atoms with Crippen molar-refractivity contribution in [3.8, 4) is 6.07 Å². The number of hydrogen-bond donors (Lipinski definition) is 0. The molecule has 1 aromatic rings. The first-order valence-electron chi connectivity index (χ1n) is 2.90. The Morgan fingerprint density at radius 1 is 1.75 bits per heavy atom. The van der Waals surface area contributed by atoms with E-state index in [-0.39, 0.29) is 5.56 Å². The van der Waals surface area contributed by atoms with Gasteiger partial charge in [0.05, 0.1) is 11.1 Å². The minimum Gasteiger partial charge on any atom is -0.276 e. The van der Waals surface area contributed by atoms with Crippen LogP contribution in [0.4, 0.5) is 0 Å². The Morgan fingerprint density at radius 2 is 2.42 bits per heavy atom. The number of aromatic nitrogens is 1. The molecule has 12 heavy (non-hydrogen) atoms. The predicted octanol–water partition coefficient (Wildman–Crippen LogP) is 2.09. The number of carbonyl (C=O) groups excluding carboxylic acids is 1. The van der Waals surface area contributed by atoms with Crippen LogP contribution in [0.5, 0.6) is 0 Å². The first-order valence-corrected chi connectivity index (χ1v) is 4.07. The van der Waals surface area contributed by atoms with E-state index < -0.39 is 5.24 Å². The Hall–Kier alpha value is -0.920. The van der Waals surface area contributed by atoms with E-state index >= 15 is 0 Å². The van der Waals surface area contributed by atoms with Crippen molar-refractivity contribution in [1.82, 2.24) is 4.98 Å². The van der Waals surface area contributed by atoms with Gasteiger partial charge in [-0.1, -0.05) is 0 Å². The summed E-state index contributed by atoms with van der Waals surface area (Å²) in [4.78, 5) is 14.4. The molecule has 0 fully saturated rings. The molecule has 1 rings (SSSR count). The molecule has 0 amide bonds. The maximum Gasteiger partial charge on any atom is 0.253 e. The smallest absolute Gasteiger partial charge is 0.253 e. The van der Waals surface area contributed by atoms with E-state index in [2.05, 4.69) is 20.9 Å². The summed E-state index contributed by atoms with van der Waals surface area (Å²) in [6.45, 7) is 0. The van der Waals surface area contributed by atoms with Crippen molar-refractivity contribution in [2.45, 2.75) is 0 Å². The van der Waals surface area contributed by atoms with Crippen LogP contribution in [0, 0.1) is 11.3 Å². The zero-order valence-corrected chi connectivity index (χ0v) is 8.06. The van der Waals surface area contributed by atoms with Crippen LogP contribution in [0.3, 0.4) is 0 Å². The Kier molecular flexibility index (Phi) is 2.79. The fraction of sp³-hybridized carbons (Fsp3) is 0. The molecule has 0 saturated heterocycles. The molecule has 0 spiro atoms. The van der Waals surface area contributed by atoms with Crippen LogP contribution in [0.15, 0.2) is 16.9 Å². The van der Waals surface area contributed by atoms with Crippen LogP contribution < -0.4 is 0 Å². The van der Waals surface area contributed by atoms with Crippen molar-refractivity contribution in [3.63, 3.8) is 0 Å². The molecule has 0 aliphatic heterocycles. The van der Waals surface area contributed by atoms with Crippen LogP contribution in [0.2, 0.25) is 0 Å². The van der Waals surface area contributed by atoms with E-state index in [0.29, 0.717) is 10.2 Å². The highest BCUT2D eigenvalue weighted by atomic mass is 79.9. The minimum atomic E-state index is -0.619. The van der Waals surface area contributed by atoms with Crippen molar-refractivity contribution in [2.24, 2.45) is 0 Å². The lowest BCUT2D eigenvalue weighted by Gasteiger charge is -1.95. The van der Waals surface area contributed by atoms with E-state index in [4.69, 9.17) is 16.9 Å². The van der Waals surface area contributed by atoms with Gasteiger partial charge < -0.3 is 0 Å². The highest BCUT2D eigenvalue weighted by Crippen LogP contribution is 2.14. The average molecular weight is 245 g/mol. The molecule has 0 N–H and O–H groups in total. The summed E-state index contributed by atoms with van der Waals surface area (Å²) in [5, 5.41) is 7.93. The third-order valence-electron chi connectivity index (χ3n) is 1.19. The highest BCUT2D eigenvalue weighted by molar-refractivity contribution is 9.10. The van der Waals surface area contributed by atoms with Crippen LogP contribution in [0.25, 0.3) is 0 Å². The molecule has 3 nitrogen and oxygen atoms in total. The van der Waals surface area contributed by atoms with Gasteiger partial charge in [-0.3, -0.25) is 4.79 Å². The van der Waals surface area contributed by atoms with Gasteiger partial charge in [0.25, 0.3) is 5.24 Å². The molecule has 1 aromatic heterocycles. The zero-order valence-electron chi connectivity index (χ0n) is 5.71. The lowest BCUT2D eigenvalue weighted by atomic mass is 10.2. The van der Waals surface area contributed by atoms with Crippen molar-refractivity contribution in [2.75, 3.05) is 0 Å². The van der Waals surface area contributed by atoms with Crippen LogP contribution >= 0.6 is 27.5 Å². The molecule has 0 aliphatic carbocycles. The lowest BCUT2D eigenvalue weighted by molar-refractivity contribution is 0.108. The van der Waals surface area contributed by atoms with Gasteiger partial charge in [0.2, 0.25) is 0 Å². The normalized spacial score (nSPS) is 9.08. The molecule has 0 bridgehead atoms. The number of rotatable bonds is 1. The largest absolute Gasteiger partial charge is 0.276 e. The maximum atomic E-state index is 10.6. The maximum absolute atomic E-state index is 10.6. The highest BCUT2D eigenvalue weighted by Gasteiger charge is 2.06. The third-order valence-corrected chi connectivity index (χ3v) is 2.04. The fourth-order valence-corrected chi connectivity index (χ4v) is 1.04. The van der Waals surface area contributed by atoms with Crippen molar-refractivity contribution in [3.05, 3.63) is 28.0 Å². The van der Waals surface area contributed by atoms with Gasteiger partial charge >= 0.3 is 0 Å². The van der Waals surface area contributed by atoms with Crippen molar-refractivity contribution < 1.29 is 4.79 Å². The molecule has 0 saturated carbocycles. The molecule has 0 atom stereocenters. The Labute approximate surface area is 82.1 Å². The first-order chi connectivity index (χ1) is 5.65. The number of hydrogen-bond acceptors (Lipinski definition) is 3. The molecule has 0 aromatic carbocycles. The summed E-state index contributed by atoms with van der Waals surface area (Å²) in [7, 11) is 0. The summed E-state index contributed by atoms with van der Waals surface area (Å²) in [5.41, 5.74) is 0.512. The quantitative estimate of drug-likeness (QED) is 0.562. The molecule has 60 valence electrons.